The topological polar surface area (TPSA) is 66.0 Å². The minimum absolute atomic E-state index is 0. The first-order valence-electron chi connectivity index (χ1n) is 11.0. The van der Waals surface area contributed by atoms with E-state index >= 15 is 0 Å². The maximum absolute atomic E-state index is 12.7. The number of nitrogens with zero attached hydrogens (tertiary/aromatic N) is 2. The molecule has 1 heterocycles. The monoisotopic (exact) mass is 528 g/mol. The highest BCUT2D eigenvalue weighted by Crippen LogP contribution is 2.43. The lowest BCUT2D eigenvalue weighted by molar-refractivity contribution is 0.0723. The summed E-state index contributed by atoms with van der Waals surface area (Å²) in [5, 5.41) is 6.88. The predicted molar refractivity (Wildman–Crippen MR) is 133 cm³/mol. The van der Waals surface area contributed by atoms with Gasteiger partial charge in [-0.05, 0) is 61.6 Å². The van der Waals surface area contributed by atoms with Gasteiger partial charge in [0.1, 0.15) is 0 Å². The van der Waals surface area contributed by atoms with Crippen molar-refractivity contribution in [1.82, 2.24) is 15.5 Å². The molecule has 1 aliphatic heterocycles. The maximum atomic E-state index is 12.7. The number of guanidine groups is 1. The summed E-state index contributed by atoms with van der Waals surface area (Å²) in [6.07, 6.45) is 8.35. The van der Waals surface area contributed by atoms with Gasteiger partial charge < -0.3 is 20.3 Å². The number of aliphatic imine (C=N–C) groups is 1. The summed E-state index contributed by atoms with van der Waals surface area (Å²) in [6, 6.07) is 7.95. The number of nitrogens with one attached hydrogen (secondary N) is 2. The number of amides is 1. The van der Waals surface area contributed by atoms with E-state index in [1.54, 1.807) is 14.2 Å². The third-order valence-corrected chi connectivity index (χ3v) is 6.38. The summed E-state index contributed by atoms with van der Waals surface area (Å²) in [7, 11) is 3.57. The quantitative estimate of drug-likeness (QED) is 0.306. The molecule has 7 heteroatoms. The van der Waals surface area contributed by atoms with Crippen LogP contribution in [0.3, 0.4) is 0 Å². The predicted octanol–water partition coefficient (Wildman–Crippen LogP) is 3.80. The van der Waals surface area contributed by atoms with Gasteiger partial charge in [-0.3, -0.25) is 9.79 Å². The highest BCUT2D eigenvalue weighted by atomic mass is 127. The van der Waals surface area contributed by atoms with Crippen molar-refractivity contribution in [1.29, 1.82) is 0 Å². The second-order valence-electron chi connectivity index (χ2n) is 8.43. The summed E-state index contributed by atoms with van der Waals surface area (Å²) in [4.78, 5) is 19.1. The van der Waals surface area contributed by atoms with Crippen LogP contribution in [0.5, 0.6) is 0 Å². The average Bonchev–Trinajstić information content (AvgIpc) is 2.75. The van der Waals surface area contributed by atoms with Crippen LogP contribution < -0.4 is 10.6 Å². The van der Waals surface area contributed by atoms with Crippen molar-refractivity contribution in [3.63, 3.8) is 0 Å². The van der Waals surface area contributed by atoms with Crippen LogP contribution in [0.25, 0.3) is 0 Å². The van der Waals surface area contributed by atoms with Gasteiger partial charge in [0, 0.05) is 52.5 Å². The molecular formula is C23H37IN4O2. The lowest BCUT2D eigenvalue weighted by atomic mass is 9.67. The van der Waals surface area contributed by atoms with Gasteiger partial charge in [0.25, 0.3) is 5.91 Å². The molecule has 2 N–H and O–H groups in total. The van der Waals surface area contributed by atoms with Gasteiger partial charge in [-0.15, -0.1) is 24.0 Å². The van der Waals surface area contributed by atoms with Crippen LogP contribution in [0.15, 0.2) is 29.3 Å². The van der Waals surface area contributed by atoms with Gasteiger partial charge in [-0.1, -0.05) is 18.6 Å². The molecule has 3 rings (SSSR count). The van der Waals surface area contributed by atoms with Crippen LogP contribution >= 0.6 is 24.0 Å². The Morgan fingerprint density at radius 2 is 1.93 bits per heavy atom. The second kappa shape index (κ2) is 12.5. The van der Waals surface area contributed by atoms with E-state index in [2.05, 4.69) is 21.7 Å². The van der Waals surface area contributed by atoms with E-state index in [0.717, 1.165) is 62.6 Å². The molecule has 1 saturated carbocycles. The maximum Gasteiger partial charge on any atom is 0.253 e. The van der Waals surface area contributed by atoms with Crippen molar-refractivity contribution < 1.29 is 9.53 Å². The van der Waals surface area contributed by atoms with Crippen molar-refractivity contribution >= 4 is 35.8 Å². The molecule has 2 fully saturated rings. The van der Waals surface area contributed by atoms with Crippen LogP contribution in [-0.4, -0.2) is 57.2 Å². The van der Waals surface area contributed by atoms with Crippen molar-refractivity contribution in [2.75, 3.05) is 40.4 Å². The average molecular weight is 528 g/mol. The summed E-state index contributed by atoms with van der Waals surface area (Å²) < 4.78 is 5.28. The van der Waals surface area contributed by atoms with Gasteiger partial charge in [0.15, 0.2) is 5.96 Å². The van der Waals surface area contributed by atoms with Crippen LogP contribution in [-0.2, 0) is 11.3 Å². The van der Waals surface area contributed by atoms with Crippen LogP contribution in [0, 0.1) is 5.41 Å². The molecule has 30 heavy (non-hydrogen) atoms. The fourth-order valence-corrected chi connectivity index (χ4v) is 4.28. The first-order chi connectivity index (χ1) is 14.2. The molecule has 6 nitrogen and oxygen atoms in total. The number of rotatable bonds is 8. The van der Waals surface area contributed by atoms with Gasteiger partial charge in [-0.25, -0.2) is 0 Å². The number of benzene rings is 1. The van der Waals surface area contributed by atoms with E-state index < -0.39 is 0 Å². The van der Waals surface area contributed by atoms with Gasteiger partial charge in [0.05, 0.1) is 0 Å². The molecule has 1 amide bonds. The lowest BCUT2D eigenvalue weighted by Gasteiger charge is -2.42. The van der Waals surface area contributed by atoms with Crippen LogP contribution in [0.1, 0.15) is 60.9 Å². The molecule has 0 spiro atoms. The SMILES string of the molecule is CN=C(NCc1cccc(C(=O)N2CCCCC2)c1)NCC1(CCOC)CCC1.I. The lowest BCUT2D eigenvalue weighted by Crippen LogP contribution is -2.46. The molecule has 0 bridgehead atoms. The molecular weight excluding hydrogens is 491 g/mol. The largest absolute Gasteiger partial charge is 0.385 e. The van der Waals surface area contributed by atoms with Crippen molar-refractivity contribution in [2.45, 2.75) is 51.5 Å². The summed E-state index contributed by atoms with van der Waals surface area (Å²) >= 11 is 0. The first kappa shape index (κ1) is 24.9. The highest BCUT2D eigenvalue weighted by Gasteiger charge is 2.36. The number of likely N-dealkylation sites (tertiary alicyclic amines) is 1. The molecule has 0 aromatic heterocycles. The number of carbonyl (C=O) groups excluding carboxylic acids is 1. The number of carbonyl (C=O) groups is 1. The Morgan fingerprint density at radius 3 is 2.57 bits per heavy atom. The Bertz CT molecular complexity index is 700. The molecule has 168 valence electrons. The Morgan fingerprint density at radius 1 is 1.17 bits per heavy atom. The summed E-state index contributed by atoms with van der Waals surface area (Å²) in [5.41, 5.74) is 2.21. The first-order valence-corrected chi connectivity index (χ1v) is 11.0. The number of hydrogen-bond acceptors (Lipinski definition) is 3. The summed E-state index contributed by atoms with van der Waals surface area (Å²) in [5.74, 6) is 0.959. The fourth-order valence-electron chi connectivity index (χ4n) is 4.28. The number of methoxy groups -OCH3 is 1. The minimum Gasteiger partial charge on any atom is -0.385 e. The number of hydrogen-bond donors (Lipinski definition) is 2. The zero-order chi connectivity index (χ0) is 20.5. The van der Waals surface area contributed by atoms with Gasteiger partial charge in [0.2, 0.25) is 0 Å². The third kappa shape index (κ3) is 6.83. The fraction of sp³-hybridized carbons (Fsp3) is 0.652. The number of piperidine rings is 1. The Labute approximate surface area is 198 Å². The minimum atomic E-state index is 0. The smallest absolute Gasteiger partial charge is 0.253 e. The van der Waals surface area contributed by atoms with Crippen LogP contribution in [0.4, 0.5) is 0 Å². The zero-order valence-corrected chi connectivity index (χ0v) is 20.7. The number of ether oxygens (including phenoxy) is 1. The molecule has 0 radical (unpaired) electrons. The Kier molecular flexibility index (Phi) is 10.4. The van der Waals surface area contributed by atoms with Crippen molar-refractivity contribution in [2.24, 2.45) is 10.4 Å². The van der Waals surface area contributed by atoms with E-state index in [9.17, 15) is 4.79 Å². The number of halogens is 1. The van der Waals surface area contributed by atoms with Gasteiger partial charge >= 0.3 is 0 Å². The van der Waals surface area contributed by atoms with Crippen LogP contribution in [0.2, 0.25) is 0 Å². The molecule has 1 aromatic carbocycles. The van der Waals surface area contributed by atoms with Crippen molar-refractivity contribution in [3.05, 3.63) is 35.4 Å². The van der Waals surface area contributed by atoms with E-state index in [0.29, 0.717) is 12.0 Å². The standard InChI is InChI=1S/C23H36N4O2.HI/c1-24-22(26-18-23(10-7-11-23)12-15-29-2)25-17-19-8-6-9-20(16-19)21(28)27-13-4-3-5-14-27;/h6,8-9,16H,3-5,7,10-15,17-18H2,1-2H3,(H2,24,25,26);1H. The van der Waals surface area contributed by atoms with E-state index in [-0.39, 0.29) is 29.9 Å². The van der Waals surface area contributed by atoms with E-state index in [4.69, 9.17) is 4.74 Å². The molecule has 1 aliphatic carbocycles. The van der Waals surface area contributed by atoms with Gasteiger partial charge in [-0.2, -0.15) is 0 Å². The third-order valence-electron chi connectivity index (χ3n) is 6.38. The normalized spacial score (nSPS) is 18.2. The summed E-state index contributed by atoms with van der Waals surface area (Å²) in [6.45, 7) is 4.13. The second-order valence-corrected chi connectivity index (χ2v) is 8.43. The molecule has 1 saturated heterocycles. The zero-order valence-electron chi connectivity index (χ0n) is 18.4. The highest BCUT2D eigenvalue weighted by molar-refractivity contribution is 14.0. The molecule has 2 aliphatic rings. The van der Waals surface area contributed by atoms with E-state index in [1.165, 1.54) is 25.7 Å². The molecule has 0 atom stereocenters. The molecule has 1 aromatic rings. The van der Waals surface area contributed by atoms with E-state index in [1.807, 2.05) is 23.1 Å². The van der Waals surface area contributed by atoms with Crippen molar-refractivity contribution in [3.8, 4) is 0 Å². The molecule has 0 unspecified atom stereocenters. The Balaban J connectivity index is 0.00000320. The Hall–Kier alpha value is -1.35.